The Morgan fingerprint density at radius 3 is 2.65 bits per heavy atom. The van der Waals surface area contributed by atoms with Crippen LogP contribution in [-0.2, 0) is 29.2 Å². The highest BCUT2D eigenvalue weighted by molar-refractivity contribution is 7.09. The van der Waals surface area contributed by atoms with Gasteiger partial charge >= 0.3 is 5.69 Å². The second kappa shape index (κ2) is 10.0. The Bertz CT molecular complexity index is 1450. The zero-order chi connectivity index (χ0) is 24.2. The zero-order valence-corrected chi connectivity index (χ0v) is 19.8. The van der Waals surface area contributed by atoms with E-state index in [1.165, 1.54) is 20.3 Å². The lowest BCUT2D eigenvalue weighted by Crippen LogP contribution is -2.34. The summed E-state index contributed by atoms with van der Waals surface area (Å²) in [6, 6.07) is 10.6. The smallest absolute Gasteiger partial charge is 0.352 e. The van der Waals surface area contributed by atoms with Crippen LogP contribution in [0.5, 0.6) is 0 Å². The molecule has 11 heteroatoms. The summed E-state index contributed by atoms with van der Waals surface area (Å²) in [4.78, 5) is 52.2. The summed E-state index contributed by atoms with van der Waals surface area (Å²) in [7, 11) is 0. The average molecular weight is 483 g/mol. The van der Waals surface area contributed by atoms with Crippen LogP contribution < -0.4 is 21.9 Å². The summed E-state index contributed by atoms with van der Waals surface area (Å²) in [5.41, 5.74) is -0.480. The molecule has 1 aromatic carbocycles. The van der Waals surface area contributed by atoms with Crippen molar-refractivity contribution in [1.82, 2.24) is 29.4 Å². The van der Waals surface area contributed by atoms with E-state index >= 15 is 0 Å². The highest BCUT2D eigenvalue weighted by atomic mass is 32.1. The number of aryl methyl sites for hydroxylation is 1. The van der Waals surface area contributed by atoms with Crippen molar-refractivity contribution in [2.24, 2.45) is 0 Å². The molecule has 2 amide bonds. The quantitative estimate of drug-likeness (QED) is 0.375. The number of hydrogen-bond donors (Lipinski definition) is 2. The third-order valence-corrected chi connectivity index (χ3v) is 6.48. The van der Waals surface area contributed by atoms with Gasteiger partial charge in [0.2, 0.25) is 17.6 Å². The fourth-order valence-electron chi connectivity index (χ4n) is 3.63. The lowest BCUT2D eigenvalue weighted by molar-refractivity contribution is -0.122. The number of rotatable bonds is 9. The van der Waals surface area contributed by atoms with Gasteiger partial charge in [0.25, 0.3) is 5.56 Å². The van der Waals surface area contributed by atoms with Crippen LogP contribution in [0.15, 0.2) is 51.4 Å². The minimum absolute atomic E-state index is 0.0235. The predicted molar refractivity (Wildman–Crippen MR) is 130 cm³/mol. The van der Waals surface area contributed by atoms with Crippen LogP contribution in [0.2, 0.25) is 0 Å². The average Bonchev–Trinajstić information content (AvgIpc) is 3.46. The number of nitrogens with one attached hydrogen (secondary N) is 2. The summed E-state index contributed by atoms with van der Waals surface area (Å²) < 4.78 is 3.68. The Morgan fingerprint density at radius 1 is 1.12 bits per heavy atom. The normalized spacial score (nSPS) is 12.2. The molecule has 0 radical (unpaired) electrons. The minimum atomic E-state index is -0.532. The number of hydrogen-bond acceptors (Lipinski definition) is 6. The lowest BCUT2D eigenvalue weighted by Gasteiger charge is -2.12. The van der Waals surface area contributed by atoms with Gasteiger partial charge in [-0.1, -0.05) is 25.1 Å². The predicted octanol–water partition coefficient (Wildman–Crippen LogP) is 1.49. The van der Waals surface area contributed by atoms with Gasteiger partial charge in [-0.25, -0.2) is 13.9 Å². The molecule has 0 spiro atoms. The van der Waals surface area contributed by atoms with Gasteiger partial charge in [0.1, 0.15) is 6.54 Å². The van der Waals surface area contributed by atoms with E-state index in [0.717, 1.165) is 16.0 Å². The fourth-order valence-corrected chi connectivity index (χ4v) is 4.27. The van der Waals surface area contributed by atoms with Gasteiger partial charge in [0.15, 0.2) is 0 Å². The molecular formula is C23H26N6O4S. The Hall–Kier alpha value is -3.73. The molecule has 3 heterocycles. The minimum Gasteiger partial charge on any atom is -0.354 e. The number of amides is 2. The number of para-hydroxylation sites is 1. The van der Waals surface area contributed by atoms with Crippen molar-refractivity contribution < 1.29 is 9.59 Å². The number of carbonyl (C=O) groups excluding carboxylic acids is 2. The van der Waals surface area contributed by atoms with Crippen LogP contribution in [0.25, 0.3) is 16.7 Å². The van der Waals surface area contributed by atoms with Crippen LogP contribution >= 0.6 is 11.3 Å². The van der Waals surface area contributed by atoms with Crippen molar-refractivity contribution >= 4 is 39.8 Å². The third-order valence-electron chi connectivity index (χ3n) is 5.60. The number of fused-ring (bicyclic) bond motifs is 3. The van der Waals surface area contributed by atoms with Crippen molar-refractivity contribution in [3.05, 3.63) is 67.5 Å². The van der Waals surface area contributed by atoms with E-state index in [1.807, 2.05) is 31.4 Å². The summed E-state index contributed by atoms with van der Waals surface area (Å²) in [5.74, 6) is -0.469. The SMILES string of the molecule is CCC(C)NC(=O)CCn1c(=O)c2ccccc2n2c(=O)n(CC(=O)NCc3cccs3)nc12. The number of benzene rings is 1. The van der Waals surface area contributed by atoms with Crippen LogP contribution in [0, 0.1) is 0 Å². The van der Waals surface area contributed by atoms with Gasteiger partial charge in [-0.3, -0.25) is 19.0 Å². The number of aromatic nitrogens is 4. The van der Waals surface area contributed by atoms with E-state index in [0.29, 0.717) is 17.4 Å². The van der Waals surface area contributed by atoms with Crippen LogP contribution in [0.1, 0.15) is 31.6 Å². The molecule has 34 heavy (non-hydrogen) atoms. The van der Waals surface area contributed by atoms with Crippen LogP contribution in [0.4, 0.5) is 0 Å². The first-order chi connectivity index (χ1) is 16.4. The molecule has 1 atom stereocenters. The van der Waals surface area contributed by atoms with Crippen molar-refractivity contribution in [1.29, 1.82) is 0 Å². The fraction of sp³-hybridized carbons (Fsp3) is 0.348. The number of thiophene rings is 1. The standard InChI is InChI=1S/C23H26N6O4S/c1-3-15(2)25-19(30)10-11-27-21(32)17-8-4-5-9-18(17)29-22(27)26-28(23(29)33)14-20(31)24-13-16-7-6-12-34-16/h4-9,12,15H,3,10-11,13-14H2,1-2H3,(H,24,31)(H,25,30). The van der Waals surface area contributed by atoms with E-state index in [1.54, 1.807) is 24.3 Å². The van der Waals surface area contributed by atoms with Crippen LogP contribution in [-0.4, -0.2) is 36.6 Å². The monoisotopic (exact) mass is 482 g/mol. The van der Waals surface area contributed by atoms with Gasteiger partial charge in [-0.15, -0.1) is 16.4 Å². The van der Waals surface area contributed by atoms with E-state index in [4.69, 9.17) is 0 Å². The number of nitrogens with zero attached hydrogens (tertiary/aromatic N) is 4. The molecule has 0 saturated carbocycles. The molecule has 178 valence electrons. The molecule has 0 fully saturated rings. The third kappa shape index (κ3) is 4.79. The molecule has 10 nitrogen and oxygen atoms in total. The van der Waals surface area contributed by atoms with Crippen molar-refractivity contribution in [2.75, 3.05) is 0 Å². The van der Waals surface area contributed by atoms with Crippen LogP contribution in [0.3, 0.4) is 0 Å². The molecule has 0 bridgehead atoms. The molecule has 2 N–H and O–H groups in total. The Morgan fingerprint density at radius 2 is 1.91 bits per heavy atom. The molecule has 4 aromatic rings. The van der Waals surface area contributed by atoms with Crippen molar-refractivity contribution in [2.45, 2.75) is 52.4 Å². The summed E-state index contributed by atoms with van der Waals surface area (Å²) >= 11 is 1.52. The topological polar surface area (TPSA) is 120 Å². The van der Waals surface area contributed by atoms with Crippen molar-refractivity contribution in [3.8, 4) is 0 Å². The molecule has 3 aromatic heterocycles. The van der Waals surface area contributed by atoms with E-state index in [9.17, 15) is 19.2 Å². The zero-order valence-electron chi connectivity index (χ0n) is 19.0. The first kappa shape index (κ1) is 23.4. The van der Waals surface area contributed by atoms with Gasteiger partial charge in [-0.2, -0.15) is 0 Å². The second-order valence-corrected chi connectivity index (χ2v) is 9.06. The Balaban J connectivity index is 1.68. The summed E-state index contributed by atoms with van der Waals surface area (Å²) in [6.07, 6.45) is 0.848. The Labute approximate surface area is 198 Å². The molecule has 0 aliphatic heterocycles. The lowest BCUT2D eigenvalue weighted by atomic mass is 10.2. The maximum absolute atomic E-state index is 13.2. The molecular weight excluding hydrogens is 456 g/mol. The highest BCUT2D eigenvalue weighted by Crippen LogP contribution is 2.11. The molecule has 0 aliphatic carbocycles. The van der Waals surface area contributed by atoms with E-state index in [-0.39, 0.29) is 48.7 Å². The Kier molecular flexibility index (Phi) is 6.92. The van der Waals surface area contributed by atoms with E-state index < -0.39 is 5.69 Å². The molecule has 0 saturated heterocycles. The highest BCUT2D eigenvalue weighted by Gasteiger charge is 2.19. The molecule has 4 rings (SSSR count). The molecule has 1 unspecified atom stereocenters. The largest absolute Gasteiger partial charge is 0.354 e. The van der Waals surface area contributed by atoms with E-state index in [2.05, 4.69) is 15.7 Å². The van der Waals surface area contributed by atoms with Gasteiger partial charge in [-0.05, 0) is 36.9 Å². The van der Waals surface area contributed by atoms with Gasteiger partial charge in [0.05, 0.1) is 17.4 Å². The summed E-state index contributed by atoms with van der Waals surface area (Å²) in [6.45, 7) is 4.00. The summed E-state index contributed by atoms with van der Waals surface area (Å²) in [5, 5.41) is 12.2. The number of carbonyl (C=O) groups is 2. The second-order valence-electron chi connectivity index (χ2n) is 8.03. The maximum Gasteiger partial charge on any atom is 0.352 e. The van der Waals surface area contributed by atoms with Crippen molar-refractivity contribution in [3.63, 3.8) is 0 Å². The molecule has 0 aliphatic rings. The first-order valence-electron chi connectivity index (χ1n) is 11.1. The first-order valence-corrected chi connectivity index (χ1v) is 12.0. The van der Waals surface area contributed by atoms with Gasteiger partial charge in [0, 0.05) is 23.9 Å². The van der Waals surface area contributed by atoms with Gasteiger partial charge < -0.3 is 10.6 Å². The maximum atomic E-state index is 13.2.